The summed E-state index contributed by atoms with van der Waals surface area (Å²) in [6.45, 7) is 1.16. The summed E-state index contributed by atoms with van der Waals surface area (Å²) in [6, 6.07) is 4.96. The molecule has 0 atom stereocenters. The monoisotopic (exact) mass is 302 g/mol. The molecule has 0 unspecified atom stereocenters. The van der Waals surface area contributed by atoms with Gasteiger partial charge in [-0.1, -0.05) is 6.07 Å². The van der Waals surface area contributed by atoms with Crippen molar-refractivity contribution in [2.24, 2.45) is 0 Å². The Kier molecular flexibility index (Phi) is 6.00. The average molecular weight is 303 g/mol. The molecule has 0 fully saturated rings. The van der Waals surface area contributed by atoms with Gasteiger partial charge in [0, 0.05) is 13.7 Å². The second-order valence-corrected chi connectivity index (χ2v) is 4.32. The van der Waals surface area contributed by atoms with Crippen molar-refractivity contribution >= 4 is 21.9 Å². The minimum Gasteiger partial charge on any atom is -0.491 e. The molecule has 0 aliphatic rings. The van der Waals surface area contributed by atoms with Crippen molar-refractivity contribution in [2.75, 3.05) is 20.3 Å². The Hall–Kier alpha value is -1.07. The lowest BCUT2D eigenvalue weighted by molar-refractivity contribution is 0.0691. The summed E-state index contributed by atoms with van der Waals surface area (Å²) < 4.78 is 11.1. The standard InChI is InChI=1S/C12H15BrO4/c1-16-7-2-3-8-17-11-9(12(14)15)5-4-6-10(11)13/h4-6H,2-3,7-8H2,1H3,(H,14,15). The molecule has 0 aliphatic heterocycles. The van der Waals surface area contributed by atoms with Crippen LogP contribution in [0.3, 0.4) is 0 Å². The van der Waals surface area contributed by atoms with Crippen molar-refractivity contribution in [2.45, 2.75) is 12.8 Å². The molecule has 4 nitrogen and oxygen atoms in total. The molecule has 0 aliphatic carbocycles. The maximum Gasteiger partial charge on any atom is 0.339 e. The number of carboxylic acid groups (broad SMARTS) is 1. The molecule has 0 aromatic heterocycles. The van der Waals surface area contributed by atoms with E-state index in [-0.39, 0.29) is 5.56 Å². The average Bonchev–Trinajstić information content (AvgIpc) is 2.30. The van der Waals surface area contributed by atoms with Crippen molar-refractivity contribution in [3.63, 3.8) is 0 Å². The molecule has 17 heavy (non-hydrogen) atoms. The van der Waals surface area contributed by atoms with Gasteiger partial charge in [0.1, 0.15) is 11.3 Å². The quantitative estimate of drug-likeness (QED) is 0.787. The summed E-state index contributed by atoms with van der Waals surface area (Å²) in [5.74, 6) is -0.601. The Labute approximate surface area is 109 Å². The lowest BCUT2D eigenvalue weighted by Gasteiger charge is -2.10. The van der Waals surface area contributed by atoms with Gasteiger partial charge in [-0.3, -0.25) is 0 Å². The van der Waals surface area contributed by atoms with Gasteiger partial charge in [0.05, 0.1) is 11.1 Å². The number of benzene rings is 1. The minimum atomic E-state index is -0.988. The highest BCUT2D eigenvalue weighted by molar-refractivity contribution is 9.10. The highest BCUT2D eigenvalue weighted by Crippen LogP contribution is 2.29. The Morgan fingerprint density at radius 2 is 2.06 bits per heavy atom. The fourth-order valence-corrected chi connectivity index (χ4v) is 1.83. The van der Waals surface area contributed by atoms with Crippen LogP contribution >= 0.6 is 15.9 Å². The molecular formula is C12H15BrO4. The van der Waals surface area contributed by atoms with Crippen molar-refractivity contribution in [3.8, 4) is 5.75 Å². The molecule has 1 rings (SSSR count). The molecule has 94 valence electrons. The lowest BCUT2D eigenvalue weighted by Crippen LogP contribution is -2.05. The summed E-state index contributed by atoms with van der Waals surface area (Å²) in [5.41, 5.74) is 0.172. The highest BCUT2D eigenvalue weighted by Gasteiger charge is 2.13. The Morgan fingerprint density at radius 3 is 2.71 bits per heavy atom. The fourth-order valence-electron chi connectivity index (χ4n) is 1.35. The van der Waals surface area contributed by atoms with Crippen LogP contribution in [0, 0.1) is 0 Å². The van der Waals surface area contributed by atoms with E-state index < -0.39 is 5.97 Å². The maximum atomic E-state index is 11.0. The van der Waals surface area contributed by atoms with Crippen LogP contribution in [0.25, 0.3) is 0 Å². The number of aromatic carboxylic acids is 1. The molecule has 0 heterocycles. The van der Waals surface area contributed by atoms with Crippen LogP contribution in [0.15, 0.2) is 22.7 Å². The van der Waals surface area contributed by atoms with E-state index in [0.717, 1.165) is 12.8 Å². The van der Waals surface area contributed by atoms with Gasteiger partial charge in [-0.25, -0.2) is 4.79 Å². The van der Waals surface area contributed by atoms with Crippen LogP contribution in [0.5, 0.6) is 5.75 Å². The number of rotatable bonds is 7. The van der Waals surface area contributed by atoms with Gasteiger partial charge in [-0.2, -0.15) is 0 Å². The number of hydrogen-bond acceptors (Lipinski definition) is 3. The van der Waals surface area contributed by atoms with E-state index in [9.17, 15) is 4.79 Å². The molecular weight excluding hydrogens is 288 g/mol. The molecule has 1 aromatic rings. The first-order valence-corrected chi connectivity index (χ1v) is 6.09. The third-order valence-corrected chi connectivity index (χ3v) is 2.81. The molecule has 5 heteroatoms. The number of methoxy groups -OCH3 is 1. The summed E-state index contributed by atoms with van der Waals surface area (Å²) in [4.78, 5) is 11.0. The Balaban J connectivity index is 2.60. The van der Waals surface area contributed by atoms with Crippen LogP contribution in [0.1, 0.15) is 23.2 Å². The van der Waals surface area contributed by atoms with Crippen molar-refractivity contribution in [1.29, 1.82) is 0 Å². The predicted octanol–water partition coefficient (Wildman–Crippen LogP) is 2.95. The molecule has 0 bridgehead atoms. The first-order valence-electron chi connectivity index (χ1n) is 5.30. The van der Waals surface area contributed by atoms with Gasteiger partial charge >= 0.3 is 5.97 Å². The molecule has 0 radical (unpaired) electrons. The smallest absolute Gasteiger partial charge is 0.339 e. The summed E-state index contributed by atoms with van der Waals surface area (Å²) in [7, 11) is 1.65. The zero-order chi connectivity index (χ0) is 12.7. The molecule has 0 saturated carbocycles. The minimum absolute atomic E-state index is 0.172. The summed E-state index contributed by atoms with van der Waals surface area (Å²) >= 11 is 3.29. The van der Waals surface area contributed by atoms with E-state index in [0.29, 0.717) is 23.4 Å². The van der Waals surface area contributed by atoms with Gasteiger partial charge < -0.3 is 14.6 Å². The zero-order valence-corrected chi connectivity index (χ0v) is 11.2. The number of hydrogen-bond donors (Lipinski definition) is 1. The van der Waals surface area contributed by atoms with Crippen molar-refractivity contribution in [1.82, 2.24) is 0 Å². The van der Waals surface area contributed by atoms with Crippen LogP contribution < -0.4 is 4.74 Å². The third kappa shape index (κ3) is 4.36. The van der Waals surface area contributed by atoms with Crippen LogP contribution in [0.2, 0.25) is 0 Å². The van der Waals surface area contributed by atoms with E-state index in [1.165, 1.54) is 6.07 Å². The first-order chi connectivity index (χ1) is 8.16. The zero-order valence-electron chi connectivity index (χ0n) is 9.61. The van der Waals surface area contributed by atoms with Gasteiger partial charge in [0.25, 0.3) is 0 Å². The Morgan fingerprint density at radius 1 is 1.35 bits per heavy atom. The normalized spacial score (nSPS) is 10.2. The SMILES string of the molecule is COCCCCOc1c(Br)cccc1C(=O)O. The number of unbranched alkanes of at least 4 members (excludes halogenated alkanes) is 1. The Bertz CT molecular complexity index is 379. The highest BCUT2D eigenvalue weighted by atomic mass is 79.9. The second kappa shape index (κ2) is 7.29. The van der Waals surface area contributed by atoms with Gasteiger partial charge in [-0.15, -0.1) is 0 Å². The molecule has 1 aromatic carbocycles. The number of carbonyl (C=O) groups is 1. The summed E-state index contributed by atoms with van der Waals surface area (Å²) in [5, 5.41) is 9.01. The van der Waals surface area contributed by atoms with Crippen molar-refractivity contribution < 1.29 is 19.4 Å². The fraction of sp³-hybridized carbons (Fsp3) is 0.417. The largest absolute Gasteiger partial charge is 0.491 e. The summed E-state index contributed by atoms with van der Waals surface area (Å²) in [6.07, 6.45) is 1.72. The van der Waals surface area contributed by atoms with Crippen LogP contribution in [0.4, 0.5) is 0 Å². The molecule has 0 amide bonds. The van der Waals surface area contributed by atoms with Crippen LogP contribution in [-0.2, 0) is 4.74 Å². The molecule has 1 N–H and O–H groups in total. The van der Waals surface area contributed by atoms with E-state index in [2.05, 4.69) is 15.9 Å². The maximum absolute atomic E-state index is 11.0. The van der Waals surface area contributed by atoms with Gasteiger partial charge in [-0.05, 0) is 40.9 Å². The van der Waals surface area contributed by atoms with Crippen molar-refractivity contribution in [3.05, 3.63) is 28.2 Å². The molecule has 0 spiro atoms. The third-order valence-electron chi connectivity index (χ3n) is 2.19. The number of carboxylic acids is 1. The number of para-hydroxylation sites is 1. The topological polar surface area (TPSA) is 55.8 Å². The number of halogens is 1. The van der Waals surface area contributed by atoms with E-state index in [1.807, 2.05) is 0 Å². The van der Waals surface area contributed by atoms with Crippen LogP contribution in [-0.4, -0.2) is 31.4 Å². The number of ether oxygens (including phenoxy) is 2. The predicted molar refractivity (Wildman–Crippen MR) is 67.7 cm³/mol. The van der Waals surface area contributed by atoms with E-state index in [1.54, 1.807) is 19.2 Å². The lowest BCUT2D eigenvalue weighted by atomic mass is 10.2. The molecule has 0 saturated heterocycles. The van der Waals surface area contributed by atoms with E-state index >= 15 is 0 Å². The van der Waals surface area contributed by atoms with Gasteiger partial charge in [0.2, 0.25) is 0 Å². The van der Waals surface area contributed by atoms with Gasteiger partial charge in [0.15, 0.2) is 0 Å². The second-order valence-electron chi connectivity index (χ2n) is 3.47. The first kappa shape index (κ1) is 14.0. The van der Waals surface area contributed by atoms with E-state index in [4.69, 9.17) is 14.6 Å².